The number of fused-ring (bicyclic) bond motifs is 1. The highest BCUT2D eigenvalue weighted by atomic mass is 17.0. The van der Waals surface area contributed by atoms with Crippen LogP contribution in [0.15, 0.2) is 30.3 Å². The summed E-state index contributed by atoms with van der Waals surface area (Å²) in [5.41, 5.74) is 0.819. The Labute approximate surface area is 73.0 Å². The van der Waals surface area contributed by atoms with Gasteiger partial charge >= 0.3 is 5.09 Å². The van der Waals surface area contributed by atoms with Crippen molar-refractivity contribution in [1.82, 2.24) is 4.98 Å². The monoisotopic (exact) mass is 178 g/mol. The molecule has 0 aliphatic rings. The van der Waals surface area contributed by atoms with Crippen LogP contribution in [0.3, 0.4) is 0 Å². The van der Waals surface area contributed by atoms with Gasteiger partial charge < -0.3 is 4.98 Å². The minimum Gasteiger partial charge on any atom is -0.336 e. The van der Waals surface area contributed by atoms with E-state index in [1.165, 1.54) is 0 Å². The number of aromatic nitrogens is 1. The van der Waals surface area contributed by atoms with Crippen LogP contribution in [0.5, 0.6) is 5.88 Å². The molecule has 1 N–H and O–H groups in total. The molecule has 0 fully saturated rings. The average molecular weight is 178 g/mol. The number of hydrogen-bond donors (Lipinski definition) is 1. The lowest BCUT2D eigenvalue weighted by molar-refractivity contribution is -0.712. The third-order valence-electron chi connectivity index (χ3n) is 1.68. The van der Waals surface area contributed by atoms with E-state index in [9.17, 15) is 10.1 Å². The zero-order chi connectivity index (χ0) is 9.26. The SMILES string of the molecule is O=[N+]([O-])Oc1cc2ccccc2[nH]1. The molecule has 0 saturated heterocycles. The Morgan fingerprint density at radius 3 is 2.85 bits per heavy atom. The van der Waals surface area contributed by atoms with Crippen molar-refractivity contribution >= 4 is 10.9 Å². The maximum Gasteiger partial charge on any atom is 0.301 e. The van der Waals surface area contributed by atoms with E-state index in [2.05, 4.69) is 9.82 Å². The molecule has 0 unspecified atom stereocenters. The van der Waals surface area contributed by atoms with Crippen LogP contribution >= 0.6 is 0 Å². The van der Waals surface area contributed by atoms with Gasteiger partial charge in [0.1, 0.15) is 0 Å². The quantitative estimate of drug-likeness (QED) is 0.562. The molecular weight excluding hydrogens is 172 g/mol. The Bertz CT molecular complexity index is 416. The largest absolute Gasteiger partial charge is 0.336 e. The molecule has 5 heteroatoms. The van der Waals surface area contributed by atoms with Gasteiger partial charge in [-0.2, -0.15) is 0 Å². The summed E-state index contributed by atoms with van der Waals surface area (Å²) in [6.07, 6.45) is 0. The summed E-state index contributed by atoms with van der Waals surface area (Å²) in [5, 5.41) is 10.1. The molecule has 5 nitrogen and oxygen atoms in total. The van der Waals surface area contributed by atoms with Gasteiger partial charge in [0.2, 0.25) is 0 Å². The fourth-order valence-electron chi connectivity index (χ4n) is 1.18. The van der Waals surface area contributed by atoms with E-state index in [1.807, 2.05) is 24.3 Å². The third-order valence-corrected chi connectivity index (χ3v) is 1.68. The smallest absolute Gasteiger partial charge is 0.301 e. The van der Waals surface area contributed by atoms with Gasteiger partial charge in [0, 0.05) is 10.9 Å². The van der Waals surface area contributed by atoms with Gasteiger partial charge in [-0.3, -0.25) is 4.84 Å². The van der Waals surface area contributed by atoms with Crippen molar-refractivity contribution in [3.8, 4) is 5.88 Å². The summed E-state index contributed by atoms with van der Waals surface area (Å²) in [7, 11) is 0. The number of rotatable bonds is 2. The Hall–Kier alpha value is -2.04. The van der Waals surface area contributed by atoms with E-state index in [0.29, 0.717) is 0 Å². The predicted molar refractivity (Wildman–Crippen MR) is 45.9 cm³/mol. The van der Waals surface area contributed by atoms with E-state index in [4.69, 9.17) is 0 Å². The normalized spacial score (nSPS) is 10.2. The van der Waals surface area contributed by atoms with E-state index in [-0.39, 0.29) is 5.88 Å². The lowest BCUT2D eigenvalue weighted by Crippen LogP contribution is -2.03. The molecule has 1 aromatic carbocycles. The van der Waals surface area contributed by atoms with Crippen molar-refractivity contribution in [2.45, 2.75) is 0 Å². The van der Waals surface area contributed by atoms with Crippen molar-refractivity contribution in [2.24, 2.45) is 0 Å². The highest BCUT2D eigenvalue weighted by molar-refractivity contribution is 5.81. The number of benzene rings is 1. The molecule has 0 bridgehead atoms. The van der Waals surface area contributed by atoms with E-state index in [1.54, 1.807) is 6.07 Å². The van der Waals surface area contributed by atoms with Gasteiger partial charge in [0.05, 0.1) is 0 Å². The van der Waals surface area contributed by atoms with Crippen LogP contribution in [-0.4, -0.2) is 10.1 Å². The van der Waals surface area contributed by atoms with Gasteiger partial charge in [0.15, 0.2) is 5.88 Å². The number of aromatic amines is 1. The minimum atomic E-state index is -0.843. The second-order valence-electron chi connectivity index (χ2n) is 2.54. The molecule has 0 radical (unpaired) electrons. The summed E-state index contributed by atoms with van der Waals surface area (Å²) in [6.45, 7) is 0. The summed E-state index contributed by atoms with van der Waals surface area (Å²) in [5.74, 6) is 0.145. The average Bonchev–Trinajstić information content (AvgIpc) is 2.44. The van der Waals surface area contributed by atoms with E-state index < -0.39 is 5.09 Å². The van der Waals surface area contributed by atoms with Crippen LogP contribution < -0.4 is 4.84 Å². The second kappa shape index (κ2) is 2.78. The topological polar surface area (TPSA) is 68.2 Å². The number of H-pyrrole nitrogens is 1. The molecule has 0 atom stereocenters. The highest BCUT2D eigenvalue weighted by Gasteiger charge is 2.02. The molecule has 2 aromatic rings. The first kappa shape index (κ1) is 7.60. The van der Waals surface area contributed by atoms with E-state index >= 15 is 0 Å². The van der Waals surface area contributed by atoms with Crippen LogP contribution in [0.1, 0.15) is 0 Å². The number of hydrogen-bond acceptors (Lipinski definition) is 3. The van der Waals surface area contributed by atoms with E-state index in [0.717, 1.165) is 10.9 Å². The Balaban J connectivity index is 2.44. The maximum atomic E-state index is 10.0. The molecule has 0 spiro atoms. The second-order valence-corrected chi connectivity index (χ2v) is 2.54. The van der Waals surface area contributed by atoms with Crippen LogP contribution in [0.4, 0.5) is 0 Å². The summed E-state index contributed by atoms with van der Waals surface area (Å²) in [6, 6.07) is 8.94. The molecule has 2 rings (SSSR count). The van der Waals surface area contributed by atoms with Crippen LogP contribution in [-0.2, 0) is 0 Å². The maximum absolute atomic E-state index is 10.0. The lowest BCUT2D eigenvalue weighted by Gasteiger charge is -1.89. The number of nitrogens with zero attached hydrogens (tertiary/aromatic N) is 1. The van der Waals surface area contributed by atoms with Gasteiger partial charge in [-0.1, -0.05) is 18.2 Å². The summed E-state index contributed by atoms with van der Waals surface area (Å²) in [4.78, 5) is 17.0. The van der Waals surface area contributed by atoms with Gasteiger partial charge in [-0.05, 0) is 12.1 Å². The zero-order valence-corrected chi connectivity index (χ0v) is 6.56. The fourth-order valence-corrected chi connectivity index (χ4v) is 1.18. The molecule has 1 heterocycles. The molecule has 0 aliphatic heterocycles. The molecular formula is C8H6N2O3. The minimum absolute atomic E-state index is 0.145. The van der Waals surface area contributed by atoms with Crippen molar-refractivity contribution in [3.05, 3.63) is 40.4 Å². The Morgan fingerprint density at radius 2 is 2.15 bits per heavy atom. The first-order valence-electron chi connectivity index (χ1n) is 3.66. The standard InChI is InChI=1S/C8H6N2O3/c11-10(12)13-8-5-6-3-1-2-4-7(6)9-8/h1-5,9H. The predicted octanol–water partition coefficient (Wildman–Crippen LogP) is 1.74. The molecule has 0 aliphatic carbocycles. The zero-order valence-electron chi connectivity index (χ0n) is 6.56. The van der Waals surface area contributed by atoms with Crippen LogP contribution in [0.25, 0.3) is 10.9 Å². The van der Waals surface area contributed by atoms with Crippen molar-refractivity contribution in [3.63, 3.8) is 0 Å². The Morgan fingerprint density at radius 1 is 1.38 bits per heavy atom. The first-order valence-corrected chi connectivity index (χ1v) is 3.66. The third kappa shape index (κ3) is 1.44. The van der Waals surface area contributed by atoms with Crippen LogP contribution in [0.2, 0.25) is 0 Å². The fraction of sp³-hybridized carbons (Fsp3) is 0. The van der Waals surface area contributed by atoms with Crippen molar-refractivity contribution in [1.29, 1.82) is 0 Å². The number of nitrogens with one attached hydrogen (secondary N) is 1. The van der Waals surface area contributed by atoms with Gasteiger partial charge in [-0.25, -0.2) is 0 Å². The molecule has 0 amide bonds. The Kier molecular flexibility index (Phi) is 1.63. The van der Waals surface area contributed by atoms with Gasteiger partial charge in [-0.15, -0.1) is 10.1 Å². The summed E-state index contributed by atoms with van der Waals surface area (Å²) >= 11 is 0. The summed E-state index contributed by atoms with van der Waals surface area (Å²) < 4.78 is 0. The first-order chi connectivity index (χ1) is 6.25. The lowest BCUT2D eigenvalue weighted by atomic mass is 10.3. The van der Waals surface area contributed by atoms with Crippen molar-refractivity contribution < 1.29 is 9.92 Å². The highest BCUT2D eigenvalue weighted by Crippen LogP contribution is 2.19. The molecule has 66 valence electrons. The molecule has 0 saturated carbocycles. The van der Waals surface area contributed by atoms with Gasteiger partial charge in [0.25, 0.3) is 0 Å². The molecule has 1 aromatic heterocycles. The van der Waals surface area contributed by atoms with Crippen molar-refractivity contribution in [2.75, 3.05) is 0 Å². The number of para-hydroxylation sites is 1. The van der Waals surface area contributed by atoms with Crippen LogP contribution in [0, 0.1) is 10.1 Å². The molecule has 13 heavy (non-hydrogen) atoms.